The Labute approximate surface area is 154 Å². The largest absolute Gasteiger partial charge is 0.466 e. The quantitative estimate of drug-likeness (QED) is 0.596. The molecular formula is C20H26N2O4. The number of piperidine rings is 1. The molecule has 0 aromatic heterocycles. The Morgan fingerprint density at radius 3 is 2.73 bits per heavy atom. The molecule has 26 heavy (non-hydrogen) atoms. The molecule has 0 N–H and O–H groups in total. The molecule has 1 aromatic carbocycles. The molecule has 2 aliphatic rings. The van der Waals surface area contributed by atoms with E-state index in [1.807, 2.05) is 36.1 Å². The van der Waals surface area contributed by atoms with Gasteiger partial charge in [0.2, 0.25) is 5.91 Å². The molecule has 2 heterocycles. The fourth-order valence-corrected chi connectivity index (χ4v) is 3.92. The third-order valence-electron chi connectivity index (χ3n) is 5.25. The topological polar surface area (TPSA) is 66.9 Å². The van der Waals surface area contributed by atoms with Crippen LogP contribution in [0.5, 0.6) is 0 Å². The van der Waals surface area contributed by atoms with Gasteiger partial charge in [-0.2, -0.15) is 0 Å². The molecule has 2 amide bonds. The molecule has 0 aliphatic carbocycles. The van der Waals surface area contributed by atoms with Crippen LogP contribution in [0, 0.1) is 5.92 Å². The molecule has 0 spiro atoms. The van der Waals surface area contributed by atoms with Crippen LogP contribution < -0.4 is 4.90 Å². The highest BCUT2D eigenvalue weighted by Gasteiger charge is 2.44. The second kappa shape index (κ2) is 7.99. The fraction of sp³-hybridized carbons (Fsp3) is 0.550. The van der Waals surface area contributed by atoms with Gasteiger partial charge in [0.25, 0.3) is 5.91 Å². The minimum Gasteiger partial charge on any atom is -0.466 e. The van der Waals surface area contributed by atoms with Crippen LogP contribution in [0.2, 0.25) is 0 Å². The summed E-state index contributed by atoms with van der Waals surface area (Å²) < 4.78 is 5.13. The summed E-state index contributed by atoms with van der Waals surface area (Å²) in [5, 5.41) is 0. The third-order valence-corrected chi connectivity index (χ3v) is 5.25. The first kappa shape index (κ1) is 18.6. The number of likely N-dealkylation sites (tertiary alicyclic amines) is 1. The van der Waals surface area contributed by atoms with Gasteiger partial charge in [-0.1, -0.05) is 25.1 Å². The van der Waals surface area contributed by atoms with Crippen molar-refractivity contribution < 1.29 is 19.1 Å². The van der Waals surface area contributed by atoms with E-state index >= 15 is 0 Å². The summed E-state index contributed by atoms with van der Waals surface area (Å²) in [5.74, 6) is -0.773. The van der Waals surface area contributed by atoms with Crippen LogP contribution in [0.4, 0.5) is 5.69 Å². The van der Waals surface area contributed by atoms with Gasteiger partial charge in [0.1, 0.15) is 0 Å². The van der Waals surface area contributed by atoms with E-state index in [1.54, 1.807) is 6.92 Å². The monoisotopic (exact) mass is 358 g/mol. The van der Waals surface area contributed by atoms with Crippen molar-refractivity contribution in [3.63, 3.8) is 0 Å². The number of anilines is 1. The number of rotatable bonds is 5. The Morgan fingerprint density at radius 1 is 1.23 bits per heavy atom. The molecule has 6 heteroatoms. The lowest BCUT2D eigenvalue weighted by atomic mass is 9.96. The predicted molar refractivity (Wildman–Crippen MR) is 97.6 cm³/mol. The van der Waals surface area contributed by atoms with Gasteiger partial charge in [-0.15, -0.1) is 0 Å². The zero-order chi connectivity index (χ0) is 18.7. The van der Waals surface area contributed by atoms with Crippen molar-refractivity contribution in [2.75, 3.05) is 24.6 Å². The van der Waals surface area contributed by atoms with Crippen LogP contribution in [-0.2, 0) is 25.5 Å². The highest BCUT2D eigenvalue weighted by atomic mass is 16.5. The van der Waals surface area contributed by atoms with Gasteiger partial charge in [0.05, 0.1) is 30.7 Å². The summed E-state index contributed by atoms with van der Waals surface area (Å²) >= 11 is 0. The standard InChI is InChI=1S/C20H26N2O4/c1-3-14-8-5-6-10-16(14)22-18(23)12-17(19(22)24)21-11-7-9-15(13-21)20(25)26-4-2/h5-6,8,10,15,17H,3-4,7,9,11-13H2,1-2H3. The number of esters is 1. The number of imide groups is 1. The number of nitrogens with zero attached hydrogens (tertiary/aromatic N) is 2. The summed E-state index contributed by atoms with van der Waals surface area (Å²) in [6.07, 6.45) is 2.53. The van der Waals surface area contributed by atoms with E-state index in [9.17, 15) is 14.4 Å². The smallest absolute Gasteiger partial charge is 0.310 e. The number of hydrogen-bond acceptors (Lipinski definition) is 5. The van der Waals surface area contributed by atoms with Crippen LogP contribution in [0.25, 0.3) is 0 Å². The summed E-state index contributed by atoms with van der Waals surface area (Å²) in [7, 11) is 0. The van der Waals surface area contributed by atoms with Crippen molar-refractivity contribution in [1.29, 1.82) is 0 Å². The number of benzene rings is 1. The van der Waals surface area contributed by atoms with Crippen molar-refractivity contribution in [3.05, 3.63) is 29.8 Å². The first-order valence-electron chi connectivity index (χ1n) is 9.42. The molecule has 0 bridgehead atoms. The van der Waals surface area contributed by atoms with Crippen LogP contribution in [0.15, 0.2) is 24.3 Å². The summed E-state index contributed by atoms with van der Waals surface area (Å²) in [6.45, 7) is 5.36. The highest BCUT2D eigenvalue weighted by molar-refractivity contribution is 6.22. The zero-order valence-electron chi connectivity index (χ0n) is 15.4. The Bertz CT molecular complexity index is 703. The molecule has 2 fully saturated rings. The Hall–Kier alpha value is -2.21. The predicted octanol–water partition coefficient (Wildman–Crippen LogP) is 2.16. The van der Waals surface area contributed by atoms with E-state index in [0.29, 0.717) is 18.8 Å². The van der Waals surface area contributed by atoms with Gasteiger partial charge in [-0.05, 0) is 44.4 Å². The summed E-state index contributed by atoms with van der Waals surface area (Å²) in [5.41, 5.74) is 1.67. The Morgan fingerprint density at radius 2 is 2.00 bits per heavy atom. The maximum Gasteiger partial charge on any atom is 0.310 e. The molecule has 0 saturated carbocycles. The van der Waals surface area contributed by atoms with Crippen LogP contribution in [-0.4, -0.2) is 48.4 Å². The van der Waals surface area contributed by atoms with E-state index in [1.165, 1.54) is 4.90 Å². The average Bonchev–Trinajstić information content (AvgIpc) is 2.96. The molecule has 2 atom stereocenters. The van der Waals surface area contributed by atoms with E-state index in [-0.39, 0.29) is 30.1 Å². The minimum absolute atomic E-state index is 0.167. The zero-order valence-corrected chi connectivity index (χ0v) is 15.4. The minimum atomic E-state index is -0.482. The van der Waals surface area contributed by atoms with Crippen LogP contribution in [0.3, 0.4) is 0 Å². The average molecular weight is 358 g/mol. The third kappa shape index (κ3) is 3.51. The van der Waals surface area contributed by atoms with Crippen molar-refractivity contribution in [3.8, 4) is 0 Å². The Balaban J connectivity index is 1.77. The fourth-order valence-electron chi connectivity index (χ4n) is 3.92. The number of carbonyl (C=O) groups is 3. The van der Waals surface area contributed by atoms with Gasteiger partial charge >= 0.3 is 5.97 Å². The number of carbonyl (C=O) groups excluding carboxylic acids is 3. The lowest BCUT2D eigenvalue weighted by Gasteiger charge is -2.34. The molecule has 3 rings (SSSR count). The summed E-state index contributed by atoms with van der Waals surface area (Å²) in [6, 6.07) is 7.05. The first-order chi connectivity index (χ1) is 12.6. The normalized spacial score (nSPS) is 24.2. The van der Waals surface area contributed by atoms with Gasteiger partial charge in [-0.25, -0.2) is 4.90 Å². The van der Waals surface area contributed by atoms with Crippen molar-refractivity contribution in [1.82, 2.24) is 4.90 Å². The summed E-state index contributed by atoms with van der Waals surface area (Å²) in [4.78, 5) is 41.0. The van der Waals surface area contributed by atoms with Crippen molar-refractivity contribution in [2.45, 2.75) is 45.6 Å². The molecular weight excluding hydrogens is 332 g/mol. The Kier molecular flexibility index (Phi) is 5.71. The van der Waals surface area contributed by atoms with E-state index in [2.05, 4.69) is 0 Å². The SMILES string of the molecule is CCOC(=O)C1CCCN(C2CC(=O)N(c3ccccc3CC)C2=O)C1. The number of aryl methyl sites for hydroxylation is 1. The van der Waals surface area contributed by atoms with Crippen LogP contribution in [0.1, 0.15) is 38.7 Å². The van der Waals surface area contributed by atoms with Crippen molar-refractivity contribution >= 4 is 23.5 Å². The van der Waals surface area contributed by atoms with Gasteiger partial charge < -0.3 is 4.74 Å². The van der Waals surface area contributed by atoms with Gasteiger partial charge in [0.15, 0.2) is 0 Å². The maximum absolute atomic E-state index is 13.0. The molecule has 1 aromatic rings. The molecule has 2 aliphatic heterocycles. The lowest BCUT2D eigenvalue weighted by Crippen LogP contribution is -2.48. The number of para-hydroxylation sites is 1. The van der Waals surface area contributed by atoms with E-state index in [4.69, 9.17) is 4.74 Å². The number of ether oxygens (including phenoxy) is 1. The van der Waals surface area contributed by atoms with Gasteiger partial charge in [0, 0.05) is 6.54 Å². The molecule has 140 valence electrons. The second-order valence-corrected chi connectivity index (χ2v) is 6.86. The van der Waals surface area contributed by atoms with Crippen molar-refractivity contribution in [2.24, 2.45) is 5.92 Å². The number of amides is 2. The van der Waals surface area contributed by atoms with Crippen LogP contribution >= 0.6 is 0 Å². The lowest BCUT2D eigenvalue weighted by molar-refractivity contribution is -0.150. The van der Waals surface area contributed by atoms with Gasteiger partial charge in [-0.3, -0.25) is 19.3 Å². The maximum atomic E-state index is 13.0. The first-order valence-corrected chi connectivity index (χ1v) is 9.42. The molecule has 2 saturated heterocycles. The number of hydrogen-bond donors (Lipinski definition) is 0. The molecule has 2 unspecified atom stereocenters. The van der Waals surface area contributed by atoms with E-state index < -0.39 is 6.04 Å². The van der Waals surface area contributed by atoms with E-state index in [0.717, 1.165) is 31.4 Å². The highest BCUT2D eigenvalue weighted by Crippen LogP contribution is 2.31. The second-order valence-electron chi connectivity index (χ2n) is 6.86. The molecule has 0 radical (unpaired) electrons. The molecule has 6 nitrogen and oxygen atoms in total.